The molecule has 0 aliphatic heterocycles. The van der Waals surface area contributed by atoms with Gasteiger partial charge in [-0.25, -0.2) is 4.98 Å². The van der Waals surface area contributed by atoms with Gasteiger partial charge in [0.1, 0.15) is 5.82 Å². The van der Waals surface area contributed by atoms with Crippen LogP contribution in [0.3, 0.4) is 0 Å². The van der Waals surface area contributed by atoms with E-state index in [-0.39, 0.29) is 11.9 Å². The lowest BCUT2D eigenvalue weighted by atomic mass is 10.2. The first-order valence-electron chi connectivity index (χ1n) is 6.92. The van der Waals surface area contributed by atoms with Crippen LogP contribution in [0.5, 0.6) is 0 Å². The average molecular weight is 289 g/mol. The molecule has 2 rings (SSSR count). The molecular weight excluding hydrogens is 270 g/mol. The Kier molecular flexibility index (Phi) is 4.81. The van der Waals surface area contributed by atoms with Crippen molar-refractivity contribution in [2.24, 2.45) is 7.05 Å². The van der Waals surface area contributed by atoms with Crippen LogP contribution in [0.4, 0.5) is 11.8 Å². The number of aryl methyl sites for hydroxylation is 2. The number of nitrogens with zero attached hydrogens (tertiary/aromatic N) is 5. The summed E-state index contributed by atoms with van der Waals surface area (Å²) < 4.78 is 0. The van der Waals surface area contributed by atoms with Gasteiger partial charge in [0.25, 0.3) is 11.9 Å². The summed E-state index contributed by atoms with van der Waals surface area (Å²) in [6.45, 7) is 4.88. The fourth-order valence-corrected chi connectivity index (χ4v) is 1.75. The Balaban J connectivity index is 2.18. The van der Waals surface area contributed by atoms with Crippen molar-refractivity contribution in [3.8, 4) is 0 Å². The number of amides is 1. The van der Waals surface area contributed by atoms with E-state index in [0.717, 1.165) is 25.1 Å². The van der Waals surface area contributed by atoms with E-state index in [9.17, 15) is 4.79 Å². The third kappa shape index (κ3) is 3.98. The molecule has 0 aliphatic carbocycles. The molecule has 2 aromatic rings. The summed E-state index contributed by atoms with van der Waals surface area (Å²) in [5.41, 5.74) is 1.38. The van der Waals surface area contributed by atoms with Crippen molar-refractivity contribution in [1.82, 2.24) is 25.2 Å². The molecule has 0 unspecified atom stereocenters. The van der Waals surface area contributed by atoms with E-state index in [1.807, 2.05) is 6.92 Å². The first-order chi connectivity index (χ1) is 10.1. The maximum absolute atomic E-state index is 12.2. The monoisotopic (exact) mass is 289 g/mol. The summed E-state index contributed by atoms with van der Waals surface area (Å²) in [7, 11) is 1.64. The minimum atomic E-state index is -0.278. The van der Waals surface area contributed by atoms with Gasteiger partial charge in [0.15, 0.2) is 0 Å². The number of carbonyl (C=O) groups is 1. The quantitative estimate of drug-likeness (QED) is 0.830. The van der Waals surface area contributed by atoms with Crippen molar-refractivity contribution in [1.29, 1.82) is 0 Å². The smallest absolute Gasteiger partial charge is 0.270 e. The summed E-state index contributed by atoms with van der Waals surface area (Å²) in [6.07, 6.45) is 1.74. The standard InChI is InChI=1S/C13H19N7O/c1-4-6-14-11-8-9(7-10(5-2)15-11)12(21)16-13-17-19-20(3)18-13/h7-8H,4-6H2,1-3H3,(H,14,15)(H,16,18,21). The molecule has 8 nitrogen and oxygen atoms in total. The van der Waals surface area contributed by atoms with E-state index in [0.29, 0.717) is 11.4 Å². The molecule has 1 amide bonds. The highest BCUT2D eigenvalue weighted by atomic mass is 16.1. The third-order valence-electron chi connectivity index (χ3n) is 2.79. The number of tetrazole rings is 1. The molecule has 2 aromatic heterocycles. The molecule has 0 radical (unpaired) electrons. The number of rotatable bonds is 6. The highest BCUT2D eigenvalue weighted by molar-refractivity contribution is 6.03. The minimum Gasteiger partial charge on any atom is -0.370 e. The number of pyridine rings is 1. The summed E-state index contributed by atoms with van der Waals surface area (Å²) in [4.78, 5) is 18.0. The Morgan fingerprint density at radius 1 is 1.33 bits per heavy atom. The molecule has 21 heavy (non-hydrogen) atoms. The van der Waals surface area contributed by atoms with Crippen LogP contribution in [0.15, 0.2) is 12.1 Å². The van der Waals surface area contributed by atoms with Crippen molar-refractivity contribution in [2.45, 2.75) is 26.7 Å². The van der Waals surface area contributed by atoms with Gasteiger partial charge < -0.3 is 5.32 Å². The molecule has 0 bridgehead atoms. The van der Waals surface area contributed by atoms with Crippen LogP contribution in [-0.4, -0.2) is 37.6 Å². The number of nitrogens with one attached hydrogen (secondary N) is 2. The highest BCUT2D eigenvalue weighted by Crippen LogP contribution is 2.12. The van der Waals surface area contributed by atoms with Gasteiger partial charge in [0, 0.05) is 17.8 Å². The molecule has 0 spiro atoms. The summed E-state index contributed by atoms with van der Waals surface area (Å²) >= 11 is 0. The second kappa shape index (κ2) is 6.78. The van der Waals surface area contributed by atoms with Gasteiger partial charge in [-0.15, -0.1) is 5.10 Å². The van der Waals surface area contributed by atoms with Crippen molar-refractivity contribution in [3.63, 3.8) is 0 Å². The predicted octanol–water partition coefficient (Wildman–Crippen LogP) is 1.24. The van der Waals surface area contributed by atoms with Gasteiger partial charge in [-0.05, 0) is 30.2 Å². The number of aromatic nitrogens is 5. The zero-order valence-corrected chi connectivity index (χ0v) is 12.4. The van der Waals surface area contributed by atoms with Crippen LogP contribution in [0, 0.1) is 0 Å². The number of carbonyl (C=O) groups excluding carboxylic acids is 1. The van der Waals surface area contributed by atoms with Gasteiger partial charge >= 0.3 is 0 Å². The molecule has 0 fully saturated rings. The average Bonchev–Trinajstić information content (AvgIpc) is 2.89. The Labute approximate surface area is 123 Å². The van der Waals surface area contributed by atoms with Crippen LogP contribution in [-0.2, 0) is 13.5 Å². The van der Waals surface area contributed by atoms with E-state index in [2.05, 4.69) is 38.0 Å². The molecule has 112 valence electrons. The number of hydrogen-bond donors (Lipinski definition) is 2. The summed E-state index contributed by atoms with van der Waals surface area (Å²) in [6, 6.07) is 3.49. The normalized spacial score (nSPS) is 10.4. The van der Waals surface area contributed by atoms with Crippen molar-refractivity contribution in [2.75, 3.05) is 17.2 Å². The number of anilines is 2. The van der Waals surface area contributed by atoms with Crippen LogP contribution in [0.1, 0.15) is 36.3 Å². The molecule has 0 aliphatic rings. The Morgan fingerprint density at radius 2 is 2.14 bits per heavy atom. The third-order valence-corrected chi connectivity index (χ3v) is 2.79. The van der Waals surface area contributed by atoms with Gasteiger partial charge in [-0.1, -0.05) is 18.9 Å². The van der Waals surface area contributed by atoms with E-state index in [4.69, 9.17) is 0 Å². The molecule has 0 saturated carbocycles. The largest absolute Gasteiger partial charge is 0.370 e. The molecule has 0 aromatic carbocycles. The molecule has 0 saturated heterocycles. The van der Waals surface area contributed by atoms with E-state index < -0.39 is 0 Å². The lowest BCUT2D eigenvalue weighted by Crippen LogP contribution is -2.15. The van der Waals surface area contributed by atoms with Crippen LogP contribution in [0.2, 0.25) is 0 Å². The molecule has 2 N–H and O–H groups in total. The van der Waals surface area contributed by atoms with Crippen molar-refractivity contribution < 1.29 is 4.79 Å². The first-order valence-corrected chi connectivity index (χ1v) is 6.92. The Bertz CT molecular complexity index is 623. The van der Waals surface area contributed by atoms with Gasteiger partial charge in [0.2, 0.25) is 0 Å². The van der Waals surface area contributed by atoms with Crippen molar-refractivity contribution >= 4 is 17.7 Å². The highest BCUT2D eigenvalue weighted by Gasteiger charge is 2.12. The Hall–Kier alpha value is -2.51. The van der Waals surface area contributed by atoms with Gasteiger partial charge in [-0.3, -0.25) is 10.1 Å². The zero-order chi connectivity index (χ0) is 15.2. The van der Waals surface area contributed by atoms with E-state index >= 15 is 0 Å². The molecule has 2 heterocycles. The lowest BCUT2D eigenvalue weighted by Gasteiger charge is -2.09. The van der Waals surface area contributed by atoms with Crippen LogP contribution < -0.4 is 10.6 Å². The van der Waals surface area contributed by atoms with E-state index in [1.165, 1.54) is 4.80 Å². The lowest BCUT2D eigenvalue weighted by molar-refractivity contribution is 0.102. The second-order valence-electron chi connectivity index (χ2n) is 4.57. The van der Waals surface area contributed by atoms with Gasteiger partial charge in [0.05, 0.1) is 7.05 Å². The maximum Gasteiger partial charge on any atom is 0.270 e. The second-order valence-corrected chi connectivity index (χ2v) is 4.57. The summed E-state index contributed by atoms with van der Waals surface area (Å²) in [5.74, 6) is 0.605. The molecular formula is C13H19N7O. The predicted molar refractivity (Wildman–Crippen MR) is 79.1 cm³/mol. The molecule has 0 atom stereocenters. The van der Waals surface area contributed by atoms with Crippen molar-refractivity contribution in [3.05, 3.63) is 23.4 Å². The van der Waals surface area contributed by atoms with E-state index in [1.54, 1.807) is 19.2 Å². The summed E-state index contributed by atoms with van der Waals surface area (Å²) in [5, 5.41) is 17.1. The first kappa shape index (κ1) is 14.9. The Morgan fingerprint density at radius 3 is 2.76 bits per heavy atom. The van der Waals surface area contributed by atoms with Crippen LogP contribution >= 0.6 is 0 Å². The van der Waals surface area contributed by atoms with Crippen LogP contribution in [0.25, 0.3) is 0 Å². The topological polar surface area (TPSA) is 97.6 Å². The maximum atomic E-state index is 12.2. The van der Waals surface area contributed by atoms with Gasteiger partial charge in [-0.2, -0.15) is 4.80 Å². The SMILES string of the molecule is CCCNc1cc(C(=O)Nc2nnn(C)n2)cc(CC)n1. The minimum absolute atomic E-state index is 0.181. The fraction of sp³-hybridized carbons (Fsp3) is 0.462. The zero-order valence-electron chi connectivity index (χ0n) is 12.4. The fourth-order valence-electron chi connectivity index (χ4n) is 1.75. The molecule has 8 heteroatoms. The number of hydrogen-bond acceptors (Lipinski definition) is 6.